The van der Waals surface area contributed by atoms with Crippen molar-refractivity contribution < 1.29 is 27.9 Å². The number of ketones is 1. The average Bonchev–Trinajstić information content (AvgIpc) is 3.09. The fourth-order valence-electron chi connectivity index (χ4n) is 3.94. The zero-order valence-corrected chi connectivity index (χ0v) is 19.1. The molecule has 0 radical (unpaired) electrons. The van der Waals surface area contributed by atoms with Gasteiger partial charge in [0.2, 0.25) is 10.0 Å². The van der Waals surface area contributed by atoms with Crippen molar-refractivity contribution in [1.82, 2.24) is 4.98 Å². The van der Waals surface area contributed by atoms with Gasteiger partial charge in [0.05, 0.1) is 23.6 Å². The van der Waals surface area contributed by atoms with E-state index in [2.05, 4.69) is 4.98 Å². The Hall–Kier alpha value is -4.02. The molecule has 0 spiro atoms. The van der Waals surface area contributed by atoms with Gasteiger partial charge in [-0.1, -0.05) is 0 Å². The van der Waals surface area contributed by atoms with Crippen LogP contribution in [0.4, 0.5) is 5.69 Å². The number of aliphatic hydroxyl groups excluding tert-OH is 1. The smallest absolute Gasteiger partial charge is 0.300 e. The molecule has 1 aliphatic rings. The van der Waals surface area contributed by atoms with Crippen molar-refractivity contribution in [2.75, 3.05) is 12.0 Å². The van der Waals surface area contributed by atoms with Gasteiger partial charge >= 0.3 is 0 Å². The summed E-state index contributed by atoms with van der Waals surface area (Å²) in [6.07, 6.45) is 3.02. The third kappa shape index (κ3) is 4.04. The third-order valence-corrected chi connectivity index (χ3v) is 6.51. The quantitative estimate of drug-likeness (QED) is 0.326. The summed E-state index contributed by atoms with van der Waals surface area (Å²) in [5.41, 5.74) is 1.79. The van der Waals surface area contributed by atoms with Crippen molar-refractivity contribution in [1.29, 1.82) is 0 Å². The summed E-state index contributed by atoms with van der Waals surface area (Å²) >= 11 is 0. The van der Waals surface area contributed by atoms with Gasteiger partial charge in [0.15, 0.2) is 0 Å². The topological polar surface area (TPSA) is 140 Å². The maximum Gasteiger partial charge on any atom is 0.300 e. The molecule has 0 aliphatic carbocycles. The molecule has 34 heavy (non-hydrogen) atoms. The molecule has 3 aromatic rings. The van der Waals surface area contributed by atoms with Gasteiger partial charge < -0.3 is 9.84 Å². The first kappa shape index (κ1) is 23.1. The van der Waals surface area contributed by atoms with E-state index in [-0.39, 0.29) is 21.9 Å². The van der Waals surface area contributed by atoms with Crippen LogP contribution in [0.5, 0.6) is 5.75 Å². The summed E-state index contributed by atoms with van der Waals surface area (Å²) in [5, 5.41) is 16.3. The molecule has 0 saturated carbocycles. The molecule has 1 aromatic heterocycles. The van der Waals surface area contributed by atoms with Gasteiger partial charge in [0.1, 0.15) is 11.5 Å². The van der Waals surface area contributed by atoms with Crippen LogP contribution in [0.3, 0.4) is 0 Å². The number of hydrogen-bond acceptors (Lipinski definition) is 7. The highest BCUT2D eigenvalue weighted by Crippen LogP contribution is 2.42. The van der Waals surface area contributed by atoms with Gasteiger partial charge in [-0.05, 0) is 72.6 Å². The molecule has 2 heterocycles. The number of carbonyl (C=O) groups excluding carboxylic acids is 2. The fraction of sp³-hybridized carbons (Fsp3) is 0.125. The molecule has 1 atom stereocenters. The van der Waals surface area contributed by atoms with Gasteiger partial charge in [0.25, 0.3) is 11.7 Å². The molecular formula is C24H21N3O6S. The average molecular weight is 480 g/mol. The summed E-state index contributed by atoms with van der Waals surface area (Å²) in [7, 11) is -2.42. The number of hydrogen-bond donors (Lipinski definition) is 2. The Kier molecular flexibility index (Phi) is 5.94. The van der Waals surface area contributed by atoms with E-state index in [1.165, 1.54) is 48.7 Å². The number of ether oxygens (including phenoxy) is 1. The Bertz CT molecular complexity index is 1420. The normalized spacial score (nSPS) is 17.7. The molecule has 1 amide bonds. The number of rotatable bonds is 5. The monoisotopic (exact) mass is 479 g/mol. The van der Waals surface area contributed by atoms with E-state index in [1.54, 1.807) is 37.3 Å². The molecule has 10 heteroatoms. The van der Waals surface area contributed by atoms with E-state index in [0.717, 1.165) is 5.56 Å². The third-order valence-electron chi connectivity index (χ3n) is 5.58. The number of aromatic nitrogens is 1. The van der Waals surface area contributed by atoms with E-state index < -0.39 is 27.8 Å². The van der Waals surface area contributed by atoms with E-state index in [1.807, 2.05) is 0 Å². The molecule has 174 valence electrons. The van der Waals surface area contributed by atoms with Crippen molar-refractivity contribution in [3.8, 4) is 5.75 Å². The van der Waals surface area contributed by atoms with Gasteiger partial charge in [-0.25, -0.2) is 13.6 Å². The summed E-state index contributed by atoms with van der Waals surface area (Å²) < 4.78 is 28.5. The Balaban J connectivity index is 1.90. The van der Waals surface area contributed by atoms with Gasteiger partial charge in [-0.3, -0.25) is 19.5 Å². The zero-order valence-electron chi connectivity index (χ0n) is 18.3. The molecule has 1 aliphatic heterocycles. The number of aliphatic hydroxyl groups is 1. The van der Waals surface area contributed by atoms with Crippen LogP contribution in [0, 0.1) is 6.92 Å². The number of pyridine rings is 1. The minimum Gasteiger partial charge on any atom is -0.507 e. The number of primary sulfonamides is 1. The van der Waals surface area contributed by atoms with Crippen LogP contribution in [0.25, 0.3) is 5.76 Å². The van der Waals surface area contributed by atoms with Crippen LogP contribution in [0.15, 0.2) is 77.5 Å². The molecular weight excluding hydrogens is 458 g/mol. The second-order valence-electron chi connectivity index (χ2n) is 7.67. The standard InChI is InChI=1S/C24H21N3O6S/c1-14-13-16(3-8-19(14)33-2)22(28)20-21(15-9-11-26-12-10-15)27(24(30)23(20)29)17-4-6-18(7-5-17)34(25,31)32/h3-13,21,28H,1-2H3,(H2,25,31,32)/b22-20+. The van der Waals surface area contributed by atoms with Crippen LogP contribution in [-0.2, 0) is 19.6 Å². The number of amides is 1. The summed E-state index contributed by atoms with van der Waals surface area (Å²) in [6.45, 7) is 1.79. The van der Waals surface area contributed by atoms with Crippen LogP contribution >= 0.6 is 0 Å². The molecule has 3 N–H and O–H groups in total. The fourth-order valence-corrected chi connectivity index (χ4v) is 4.45. The largest absolute Gasteiger partial charge is 0.507 e. The predicted octanol–water partition coefficient (Wildman–Crippen LogP) is 2.67. The predicted molar refractivity (Wildman–Crippen MR) is 125 cm³/mol. The summed E-state index contributed by atoms with van der Waals surface area (Å²) in [5.74, 6) is -1.47. The van der Waals surface area contributed by atoms with Crippen LogP contribution in [0.1, 0.15) is 22.7 Å². The maximum atomic E-state index is 13.2. The lowest BCUT2D eigenvalue weighted by Crippen LogP contribution is -2.29. The second-order valence-corrected chi connectivity index (χ2v) is 9.23. The van der Waals surface area contributed by atoms with Crippen LogP contribution < -0.4 is 14.8 Å². The van der Waals surface area contributed by atoms with Crippen molar-refractivity contribution in [2.24, 2.45) is 5.14 Å². The summed E-state index contributed by atoms with van der Waals surface area (Å²) in [4.78, 5) is 31.4. The van der Waals surface area contributed by atoms with Gasteiger partial charge in [-0.2, -0.15) is 0 Å². The van der Waals surface area contributed by atoms with Gasteiger partial charge in [-0.15, -0.1) is 0 Å². The lowest BCUT2D eigenvalue weighted by atomic mass is 9.95. The van der Waals surface area contributed by atoms with Crippen molar-refractivity contribution >= 4 is 33.2 Å². The Labute approximate surface area is 196 Å². The molecule has 1 saturated heterocycles. The van der Waals surface area contributed by atoms with Crippen LogP contribution in [0.2, 0.25) is 0 Å². The first-order valence-corrected chi connectivity index (χ1v) is 11.7. The van der Waals surface area contributed by atoms with E-state index >= 15 is 0 Å². The number of carbonyl (C=O) groups is 2. The Morgan fingerprint density at radius 3 is 2.26 bits per heavy atom. The number of methoxy groups -OCH3 is 1. The molecule has 1 unspecified atom stereocenters. The van der Waals surface area contributed by atoms with Crippen LogP contribution in [-0.4, -0.2) is 37.3 Å². The summed E-state index contributed by atoms with van der Waals surface area (Å²) in [6, 6.07) is 12.5. The first-order chi connectivity index (χ1) is 16.1. The number of nitrogens with two attached hydrogens (primary N) is 1. The number of benzene rings is 2. The molecule has 1 fully saturated rings. The van der Waals surface area contributed by atoms with E-state index in [9.17, 15) is 23.1 Å². The van der Waals surface area contributed by atoms with Crippen molar-refractivity contribution in [3.05, 3.63) is 89.3 Å². The highest BCUT2D eigenvalue weighted by atomic mass is 32.2. The number of nitrogens with zero attached hydrogens (tertiary/aromatic N) is 2. The second kappa shape index (κ2) is 8.73. The highest BCUT2D eigenvalue weighted by Gasteiger charge is 2.47. The molecule has 2 aromatic carbocycles. The lowest BCUT2D eigenvalue weighted by Gasteiger charge is -2.25. The first-order valence-electron chi connectivity index (χ1n) is 10.1. The number of aryl methyl sites for hydroxylation is 1. The number of Topliss-reactive ketones (excluding diaryl/α,β-unsaturated/α-hetero) is 1. The molecule has 4 rings (SSSR count). The minimum atomic E-state index is -3.94. The minimum absolute atomic E-state index is 0.101. The molecule has 9 nitrogen and oxygen atoms in total. The Morgan fingerprint density at radius 2 is 1.71 bits per heavy atom. The SMILES string of the molecule is COc1ccc(/C(O)=C2\C(=O)C(=O)N(c3ccc(S(N)(=O)=O)cc3)C2c2ccncc2)cc1C. The Morgan fingerprint density at radius 1 is 1.06 bits per heavy atom. The molecule has 0 bridgehead atoms. The maximum absolute atomic E-state index is 13.2. The van der Waals surface area contributed by atoms with Crippen molar-refractivity contribution in [2.45, 2.75) is 17.9 Å². The van der Waals surface area contributed by atoms with Gasteiger partial charge in [0, 0.05) is 23.6 Å². The number of sulfonamides is 1. The highest BCUT2D eigenvalue weighted by molar-refractivity contribution is 7.89. The van der Waals surface area contributed by atoms with E-state index in [0.29, 0.717) is 16.9 Å². The zero-order chi connectivity index (χ0) is 24.6. The lowest BCUT2D eigenvalue weighted by molar-refractivity contribution is -0.132. The van der Waals surface area contributed by atoms with Crippen molar-refractivity contribution in [3.63, 3.8) is 0 Å². The number of anilines is 1. The van der Waals surface area contributed by atoms with E-state index in [4.69, 9.17) is 9.88 Å².